The summed E-state index contributed by atoms with van der Waals surface area (Å²) in [7, 11) is 0. The number of hydrogen-bond acceptors (Lipinski definition) is 1. The lowest BCUT2D eigenvalue weighted by Crippen LogP contribution is -1.98. The quantitative estimate of drug-likeness (QED) is 0.242. The summed E-state index contributed by atoms with van der Waals surface area (Å²) in [5.74, 6) is 0. The number of fused-ring (bicyclic) bond motifs is 3. The molecule has 1 heterocycles. The van der Waals surface area contributed by atoms with Crippen LogP contribution in [0.4, 0.5) is 0 Å². The Bertz CT molecular complexity index is 1370. The van der Waals surface area contributed by atoms with Gasteiger partial charge in [-0.2, -0.15) is 5.26 Å². The van der Waals surface area contributed by atoms with Gasteiger partial charge in [-0.15, -0.1) is 0 Å². The van der Waals surface area contributed by atoms with Crippen molar-refractivity contribution in [2.24, 2.45) is 0 Å². The van der Waals surface area contributed by atoms with Crippen molar-refractivity contribution in [2.45, 2.75) is 0 Å². The van der Waals surface area contributed by atoms with Gasteiger partial charge in [0.25, 0.3) is 0 Å². The summed E-state index contributed by atoms with van der Waals surface area (Å²) in [4.78, 5) is 0. The zero-order valence-electron chi connectivity index (χ0n) is 15.2. The molecule has 5 rings (SSSR count). The van der Waals surface area contributed by atoms with Crippen LogP contribution in [0.1, 0.15) is 5.56 Å². The van der Waals surface area contributed by atoms with Crippen molar-refractivity contribution in [1.29, 1.82) is 5.26 Å². The second kappa shape index (κ2) is 7.18. The summed E-state index contributed by atoms with van der Waals surface area (Å²) >= 11 is 7.23. The first-order chi connectivity index (χ1) is 14.2. The van der Waals surface area contributed by atoms with E-state index in [0.29, 0.717) is 5.56 Å². The Balaban J connectivity index is 1.93. The Labute approximate surface area is 185 Å². The van der Waals surface area contributed by atoms with Crippen LogP contribution >= 0.6 is 31.9 Å². The molecule has 29 heavy (non-hydrogen) atoms. The number of hydrogen-bond donors (Lipinski definition) is 0. The molecule has 0 radical (unpaired) electrons. The molecule has 138 valence electrons. The van der Waals surface area contributed by atoms with E-state index in [2.05, 4.69) is 91.0 Å². The van der Waals surface area contributed by atoms with Gasteiger partial charge in [0.2, 0.25) is 0 Å². The van der Waals surface area contributed by atoms with Gasteiger partial charge in [0.1, 0.15) is 0 Å². The van der Waals surface area contributed by atoms with E-state index < -0.39 is 0 Å². The Morgan fingerprint density at radius 3 is 1.90 bits per heavy atom. The van der Waals surface area contributed by atoms with Gasteiger partial charge in [-0.05, 0) is 60.2 Å². The van der Waals surface area contributed by atoms with Gasteiger partial charge in [0.05, 0.1) is 28.4 Å². The minimum Gasteiger partial charge on any atom is -0.309 e. The maximum absolute atomic E-state index is 9.47. The van der Waals surface area contributed by atoms with E-state index in [1.165, 1.54) is 10.8 Å². The molecule has 0 atom stereocenters. The minimum absolute atomic E-state index is 0.652. The highest BCUT2D eigenvalue weighted by Gasteiger charge is 2.16. The molecule has 0 bridgehead atoms. The summed E-state index contributed by atoms with van der Waals surface area (Å²) in [5.41, 5.74) is 6.09. The van der Waals surface area contributed by atoms with Crippen molar-refractivity contribution < 1.29 is 0 Å². The molecule has 0 aliphatic rings. The third-order valence-corrected chi connectivity index (χ3v) is 6.13. The topological polar surface area (TPSA) is 28.7 Å². The van der Waals surface area contributed by atoms with Crippen LogP contribution in [0.25, 0.3) is 38.6 Å². The molecule has 0 saturated carbocycles. The molecular formula is C25H14Br2N2. The Morgan fingerprint density at radius 2 is 1.31 bits per heavy atom. The standard InChI is InChI=1S/C25H14Br2N2/c26-18-7-10-24-21(13-18)22-14-19(27)8-11-25(22)29(24)23-9-6-16(15-28)12-20(23)17-4-2-1-3-5-17/h1-14H. The van der Waals surface area contributed by atoms with Gasteiger partial charge in [-0.25, -0.2) is 0 Å². The van der Waals surface area contributed by atoms with E-state index in [4.69, 9.17) is 0 Å². The highest BCUT2D eigenvalue weighted by atomic mass is 79.9. The van der Waals surface area contributed by atoms with Crippen molar-refractivity contribution in [3.63, 3.8) is 0 Å². The van der Waals surface area contributed by atoms with Crippen molar-refractivity contribution in [1.82, 2.24) is 4.57 Å². The van der Waals surface area contributed by atoms with Crippen molar-refractivity contribution >= 4 is 53.7 Å². The van der Waals surface area contributed by atoms with Gasteiger partial charge >= 0.3 is 0 Å². The van der Waals surface area contributed by atoms with Crippen LogP contribution in [0.3, 0.4) is 0 Å². The van der Waals surface area contributed by atoms with E-state index in [0.717, 1.165) is 36.8 Å². The molecule has 0 spiro atoms. The Hall–Kier alpha value is -2.87. The van der Waals surface area contributed by atoms with Gasteiger partial charge in [-0.3, -0.25) is 0 Å². The number of nitrogens with zero attached hydrogens (tertiary/aromatic N) is 2. The van der Waals surface area contributed by atoms with Crippen LogP contribution in [0.2, 0.25) is 0 Å². The fourth-order valence-electron chi connectivity index (χ4n) is 3.88. The first kappa shape index (κ1) is 18.2. The van der Waals surface area contributed by atoms with Gasteiger partial charge in [0.15, 0.2) is 0 Å². The zero-order chi connectivity index (χ0) is 20.0. The lowest BCUT2D eigenvalue weighted by molar-refractivity contribution is 1.18. The molecule has 0 N–H and O–H groups in total. The molecule has 4 aromatic carbocycles. The Kier molecular flexibility index (Phi) is 4.50. The van der Waals surface area contributed by atoms with E-state index >= 15 is 0 Å². The predicted molar refractivity (Wildman–Crippen MR) is 126 cm³/mol. The summed E-state index contributed by atoms with van der Waals surface area (Å²) in [5, 5.41) is 11.8. The minimum atomic E-state index is 0.652. The number of rotatable bonds is 2. The van der Waals surface area contributed by atoms with E-state index in [9.17, 15) is 5.26 Å². The highest BCUT2D eigenvalue weighted by Crippen LogP contribution is 2.38. The normalized spacial score (nSPS) is 11.1. The molecule has 5 aromatic rings. The highest BCUT2D eigenvalue weighted by molar-refractivity contribution is 9.10. The molecule has 1 aromatic heterocycles. The molecular weight excluding hydrogens is 488 g/mol. The first-order valence-corrected chi connectivity index (χ1v) is 10.7. The largest absolute Gasteiger partial charge is 0.309 e. The monoisotopic (exact) mass is 500 g/mol. The zero-order valence-corrected chi connectivity index (χ0v) is 18.4. The van der Waals surface area contributed by atoms with Crippen molar-refractivity contribution in [2.75, 3.05) is 0 Å². The van der Waals surface area contributed by atoms with E-state index in [-0.39, 0.29) is 0 Å². The molecule has 0 unspecified atom stereocenters. The lowest BCUT2D eigenvalue weighted by Gasteiger charge is -2.14. The van der Waals surface area contributed by atoms with Gasteiger partial charge < -0.3 is 4.57 Å². The first-order valence-electron chi connectivity index (χ1n) is 9.15. The van der Waals surface area contributed by atoms with Crippen molar-refractivity contribution in [3.8, 4) is 22.9 Å². The number of halogens is 2. The van der Waals surface area contributed by atoms with Crippen LogP contribution in [0.5, 0.6) is 0 Å². The molecule has 0 aliphatic heterocycles. The maximum Gasteiger partial charge on any atom is 0.0991 e. The summed E-state index contributed by atoms with van der Waals surface area (Å²) < 4.78 is 4.38. The predicted octanol–water partition coefficient (Wildman–Crippen LogP) is 7.85. The molecule has 0 amide bonds. The Morgan fingerprint density at radius 1 is 0.690 bits per heavy atom. The molecule has 4 heteroatoms. The van der Waals surface area contributed by atoms with Gasteiger partial charge in [0, 0.05) is 25.3 Å². The number of nitriles is 1. The van der Waals surface area contributed by atoms with Crippen LogP contribution in [-0.4, -0.2) is 4.57 Å². The molecule has 2 nitrogen and oxygen atoms in total. The fraction of sp³-hybridized carbons (Fsp3) is 0. The molecule has 0 fully saturated rings. The second-order valence-corrected chi connectivity index (χ2v) is 8.70. The average molecular weight is 502 g/mol. The molecule has 0 aliphatic carbocycles. The number of aromatic nitrogens is 1. The SMILES string of the molecule is N#Cc1ccc(-n2c3ccc(Br)cc3c3cc(Br)ccc32)c(-c2ccccc2)c1. The van der Waals surface area contributed by atoms with Crippen LogP contribution in [-0.2, 0) is 0 Å². The summed E-state index contributed by atoms with van der Waals surface area (Å²) in [6, 6.07) is 31.1. The van der Waals surface area contributed by atoms with Crippen LogP contribution < -0.4 is 0 Å². The van der Waals surface area contributed by atoms with Crippen LogP contribution in [0.15, 0.2) is 93.9 Å². The smallest absolute Gasteiger partial charge is 0.0991 e. The second-order valence-electron chi connectivity index (χ2n) is 6.87. The third-order valence-electron chi connectivity index (χ3n) is 5.14. The lowest BCUT2D eigenvalue weighted by atomic mass is 10.0. The van der Waals surface area contributed by atoms with Gasteiger partial charge in [-0.1, -0.05) is 62.2 Å². The summed E-state index contributed by atoms with van der Waals surface area (Å²) in [6.07, 6.45) is 0. The third kappa shape index (κ3) is 3.07. The fourth-order valence-corrected chi connectivity index (χ4v) is 4.60. The van der Waals surface area contributed by atoms with Crippen LogP contribution in [0, 0.1) is 11.3 Å². The number of benzene rings is 4. The van der Waals surface area contributed by atoms with Crippen molar-refractivity contribution in [3.05, 3.63) is 99.4 Å². The summed E-state index contributed by atoms with van der Waals surface area (Å²) in [6.45, 7) is 0. The average Bonchev–Trinajstić information content (AvgIpc) is 3.06. The van der Waals surface area contributed by atoms with E-state index in [1.807, 2.05) is 36.4 Å². The molecule has 0 saturated heterocycles. The van der Waals surface area contributed by atoms with E-state index in [1.54, 1.807) is 0 Å². The maximum atomic E-state index is 9.47.